The highest BCUT2D eigenvalue weighted by atomic mass is 16.5. The predicted molar refractivity (Wildman–Crippen MR) is 113 cm³/mol. The fraction of sp³-hybridized carbons (Fsp3) is 0.364. The summed E-state index contributed by atoms with van der Waals surface area (Å²) in [5.41, 5.74) is 1.71. The first-order chi connectivity index (χ1) is 14.1. The van der Waals surface area contributed by atoms with Gasteiger partial charge in [0.05, 0.1) is 13.2 Å². The first kappa shape index (κ1) is 22.2. The molecule has 2 aromatic carbocycles. The highest BCUT2D eigenvalue weighted by molar-refractivity contribution is 6.04. The van der Waals surface area contributed by atoms with Crippen LogP contribution in [0.4, 0.5) is 11.4 Å². The Bertz CT molecular complexity index is 805. The molecule has 2 N–H and O–H groups in total. The highest BCUT2D eigenvalue weighted by Crippen LogP contribution is 2.29. The monoisotopic (exact) mass is 400 g/mol. The molecule has 7 nitrogen and oxygen atoms in total. The molecule has 0 radical (unpaired) electrons. The number of hydrogen-bond donors (Lipinski definition) is 2. The fourth-order valence-corrected chi connectivity index (χ4v) is 2.47. The molecule has 156 valence electrons. The van der Waals surface area contributed by atoms with Gasteiger partial charge in [0.15, 0.2) is 11.5 Å². The fourth-order valence-electron chi connectivity index (χ4n) is 2.47. The van der Waals surface area contributed by atoms with Gasteiger partial charge in [-0.2, -0.15) is 0 Å². The molecule has 0 aliphatic carbocycles. The van der Waals surface area contributed by atoms with Crippen LogP contribution < -0.4 is 20.1 Å². The number of methoxy groups -OCH3 is 1. The molecule has 0 spiro atoms. The van der Waals surface area contributed by atoms with E-state index in [0.717, 1.165) is 12.8 Å². The molecule has 0 aliphatic rings. The minimum atomic E-state index is -0.260. The van der Waals surface area contributed by atoms with Crippen molar-refractivity contribution in [3.8, 4) is 11.5 Å². The molecule has 0 atom stereocenters. The number of hydrogen-bond acceptors (Lipinski definition) is 5. The summed E-state index contributed by atoms with van der Waals surface area (Å²) in [5.74, 6) is 0.691. The van der Waals surface area contributed by atoms with Crippen molar-refractivity contribution < 1.29 is 23.8 Å². The van der Waals surface area contributed by atoms with Crippen molar-refractivity contribution >= 4 is 23.2 Å². The van der Waals surface area contributed by atoms with Crippen molar-refractivity contribution in [1.29, 1.82) is 0 Å². The van der Waals surface area contributed by atoms with E-state index in [1.807, 2.05) is 13.8 Å². The third-order valence-corrected chi connectivity index (χ3v) is 3.83. The number of carbonyl (C=O) groups is 2. The van der Waals surface area contributed by atoms with Crippen molar-refractivity contribution in [3.05, 3.63) is 48.0 Å². The molecular weight excluding hydrogens is 372 g/mol. The zero-order valence-electron chi connectivity index (χ0n) is 17.1. The maximum absolute atomic E-state index is 12.6. The van der Waals surface area contributed by atoms with Crippen LogP contribution in [-0.4, -0.2) is 38.7 Å². The van der Waals surface area contributed by atoms with Gasteiger partial charge < -0.3 is 24.8 Å². The van der Waals surface area contributed by atoms with Gasteiger partial charge in [-0.25, -0.2) is 0 Å². The molecule has 0 heterocycles. The van der Waals surface area contributed by atoms with Crippen LogP contribution in [-0.2, 0) is 9.53 Å². The van der Waals surface area contributed by atoms with E-state index in [1.165, 1.54) is 7.11 Å². The zero-order valence-corrected chi connectivity index (χ0v) is 17.1. The number of benzene rings is 2. The minimum Gasteiger partial charge on any atom is -0.490 e. The summed E-state index contributed by atoms with van der Waals surface area (Å²) in [6.07, 6.45) is 1.74. The Balaban J connectivity index is 2.06. The van der Waals surface area contributed by atoms with E-state index in [1.54, 1.807) is 42.5 Å². The van der Waals surface area contributed by atoms with Crippen LogP contribution in [0, 0.1) is 0 Å². The van der Waals surface area contributed by atoms with Crippen molar-refractivity contribution in [2.45, 2.75) is 26.7 Å². The number of anilines is 2. The van der Waals surface area contributed by atoms with Gasteiger partial charge in [-0.1, -0.05) is 13.8 Å². The molecule has 0 unspecified atom stereocenters. The highest BCUT2D eigenvalue weighted by Gasteiger charge is 2.12. The van der Waals surface area contributed by atoms with E-state index in [9.17, 15) is 9.59 Å². The molecule has 0 saturated carbocycles. The molecule has 0 saturated heterocycles. The van der Waals surface area contributed by atoms with Gasteiger partial charge >= 0.3 is 0 Å². The van der Waals surface area contributed by atoms with E-state index in [4.69, 9.17) is 14.2 Å². The Labute approximate surface area is 171 Å². The Morgan fingerprint density at radius 3 is 2.00 bits per heavy atom. The summed E-state index contributed by atoms with van der Waals surface area (Å²) < 4.78 is 16.2. The zero-order chi connectivity index (χ0) is 21.1. The Morgan fingerprint density at radius 1 is 0.828 bits per heavy atom. The number of rotatable bonds is 11. The van der Waals surface area contributed by atoms with E-state index in [0.29, 0.717) is 41.7 Å². The van der Waals surface area contributed by atoms with Gasteiger partial charge in [0, 0.05) is 24.0 Å². The molecule has 0 aliphatic heterocycles. The molecule has 2 rings (SSSR count). The second-order valence-electron chi connectivity index (χ2n) is 6.37. The van der Waals surface area contributed by atoms with Crippen molar-refractivity contribution in [3.63, 3.8) is 0 Å². The molecule has 2 amide bonds. The van der Waals surface area contributed by atoms with E-state index < -0.39 is 0 Å². The third kappa shape index (κ3) is 7.12. The summed E-state index contributed by atoms with van der Waals surface area (Å²) in [4.78, 5) is 24.2. The van der Waals surface area contributed by atoms with Crippen molar-refractivity contribution in [1.82, 2.24) is 0 Å². The lowest BCUT2D eigenvalue weighted by atomic mass is 10.1. The Hall–Kier alpha value is -3.06. The summed E-state index contributed by atoms with van der Waals surface area (Å²) in [7, 11) is 1.46. The van der Waals surface area contributed by atoms with Crippen LogP contribution >= 0.6 is 0 Å². The summed E-state index contributed by atoms with van der Waals surface area (Å²) in [6, 6.07) is 12.0. The SMILES string of the molecule is CCCOc1ccc(C(=O)Nc2ccc(NC(=O)COC)cc2)cc1OCCC. The topological polar surface area (TPSA) is 85.9 Å². The summed E-state index contributed by atoms with van der Waals surface area (Å²) in [6.45, 7) is 5.16. The number of ether oxygens (including phenoxy) is 3. The summed E-state index contributed by atoms with van der Waals surface area (Å²) in [5, 5.41) is 5.54. The van der Waals surface area contributed by atoms with Gasteiger partial charge in [-0.15, -0.1) is 0 Å². The van der Waals surface area contributed by atoms with Crippen LogP contribution in [0.3, 0.4) is 0 Å². The molecule has 2 aromatic rings. The van der Waals surface area contributed by atoms with E-state index >= 15 is 0 Å². The average Bonchev–Trinajstić information content (AvgIpc) is 2.72. The summed E-state index contributed by atoms with van der Waals surface area (Å²) >= 11 is 0. The molecular formula is C22H28N2O5. The lowest BCUT2D eigenvalue weighted by Gasteiger charge is -2.14. The molecule has 0 aromatic heterocycles. The predicted octanol–water partition coefficient (Wildman–Crippen LogP) is 4.10. The minimum absolute atomic E-state index is 0.0150. The molecule has 7 heteroatoms. The quantitative estimate of drug-likeness (QED) is 0.593. The Kier molecular flexibility index (Phi) is 8.98. The smallest absolute Gasteiger partial charge is 0.255 e. The Morgan fingerprint density at radius 2 is 1.41 bits per heavy atom. The largest absolute Gasteiger partial charge is 0.490 e. The first-order valence-electron chi connectivity index (χ1n) is 9.67. The lowest BCUT2D eigenvalue weighted by molar-refractivity contribution is -0.119. The second-order valence-corrected chi connectivity index (χ2v) is 6.37. The van der Waals surface area contributed by atoms with Gasteiger partial charge in [-0.3, -0.25) is 9.59 Å². The standard InChI is InChI=1S/C22H28N2O5/c1-4-12-28-19-11-6-16(14-20(19)29-13-5-2)22(26)24-18-9-7-17(8-10-18)23-21(25)15-27-3/h6-11,14H,4-5,12-13,15H2,1-3H3,(H,23,25)(H,24,26). The van der Waals surface area contributed by atoms with Crippen LogP contribution in [0.2, 0.25) is 0 Å². The van der Waals surface area contributed by atoms with E-state index in [-0.39, 0.29) is 18.4 Å². The maximum Gasteiger partial charge on any atom is 0.255 e. The number of nitrogens with one attached hydrogen (secondary N) is 2. The number of amides is 2. The second kappa shape index (κ2) is 11.7. The van der Waals surface area contributed by atoms with Crippen LogP contribution in [0.15, 0.2) is 42.5 Å². The normalized spacial score (nSPS) is 10.3. The van der Waals surface area contributed by atoms with Crippen LogP contribution in [0.5, 0.6) is 11.5 Å². The van der Waals surface area contributed by atoms with Crippen molar-refractivity contribution in [2.24, 2.45) is 0 Å². The average molecular weight is 400 g/mol. The van der Waals surface area contributed by atoms with Crippen molar-refractivity contribution in [2.75, 3.05) is 37.6 Å². The lowest BCUT2D eigenvalue weighted by Crippen LogP contribution is -2.17. The molecule has 0 fully saturated rings. The number of carbonyl (C=O) groups excluding carboxylic acids is 2. The van der Waals surface area contributed by atoms with Crippen LogP contribution in [0.1, 0.15) is 37.0 Å². The van der Waals surface area contributed by atoms with Gasteiger partial charge in [-0.05, 0) is 55.3 Å². The van der Waals surface area contributed by atoms with Gasteiger partial charge in [0.2, 0.25) is 5.91 Å². The molecule has 0 bridgehead atoms. The van der Waals surface area contributed by atoms with Gasteiger partial charge in [0.25, 0.3) is 5.91 Å². The third-order valence-electron chi connectivity index (χ3n) is 3.83. The first-order valence-corrected chi connectivity index (χ1v) is 9.67. The van der Waals surface area contributed by atoms with Gasteiger partial charge in [0.1, 0.15) is 6.61 Å². The van der Waals surface area contributed by atoms with E-state index in [2.05, 4.69) is 10.6 Å². The van der Waals surface area contributed by atoms with Crippen LogP contribution in [0.25, 0.3) is 0 Å². The molecule has 29 heavy (non-hydrogen) atoms. The maximum atomic E-state index is 12.6.